The van der Waals surface area contributed by atoms with Gasteiger partial charge in [0.05, 0.1) is 6.04 Å². The molecule has 1 atom stereocenters. The van der Waals surface area contributed by atoms with E-state index in [-0.39, 0.29) is 24.4 Å². The number of halogens is 2. The number of piperidine rings is 1. The van der Waals surface area contributed by atoms with Crippen LogP contribution in [-0.2, 0) is 4.79 Å². The molecule has 0 aliphatic carbocycles. The molecule has 0 spiro atoms. The minimum Gasteiger partial charge on any atom is -0.350 e. The summed E-state index contributed by atoms with van der Waals surface area (Å²) in [5.41, 5.74) is 0. The average Bonchev–Trinajstić information content (AvgIpc) is 2.15. The Labute approximate surface area is 99.2 Å². The SMILES string of the molecule is C=C(Br)CNC(=O)[C@H]1CCCCN1.Cl. The maximum atomic E-state index is 11.5. The van der Waals surface area contributed by atoms with E-state index in [2.05, 4.69) is 33.1 Å². The molecule has 1 aliphatic rings. The van der Waals surface area contributed by atoms with Crippen molar-refractivity contribution in [2.45, 2.75) is 25.3 Å². The lowest BCUT2D eigenvalue weighted by atomic mass is 10.0. The second-order valence-electron chi connectivity index (χ2n) is 3.24. The number of amides is 1. The highest BCUT2D eigenvalue weighted by Gasteiger charge is 2.19. The van der Waals surface area contributed by atoms with E-state index < -0.39 is 0 Å². The largest absolute Gasteiger partial charge is 0.350 e. The Morgan fingerprint density at radius 2 is 2.29 bits per heavy atom. The van der Waals surface area contributed by atoms with Gasteiger partial charge in [0.2, 0.25) is 5.91 Å². The number of carbonyl (C=O) groups is 1. The van der Waals surface area contributed by atoms with Gasteiger partial charge in [-0.25, -0.2) is 0 Å². The van der Waals surface area contributed by atoms with Crippen molar-refractivity contribution in [1.82, 2.24) is 10.6 Å². The summed E-state index contributed by atoms with van der Waals surface area (Å²) < 4.78 is 0.802. The average molecular weight is 284 g/mol. The van der Waals surface area contributed by atoms with Crippen molar-refractivity contribution in [1.29, 1.82) is 0 Å². The fraction of sp³-hybridized carbons (Fsp3) is 0.667. The zero-order chi connectivity index (χ0) is 9.68. The van der Waals surface area contributed by atoms with Crippen molar-refractivity contribution < 1.29 is 4.79 Å². The number of nitrogens with one attached hydrogen (secondary N) is 2. The Kier molecular flexibility index (Phi) is 7.23. The fourth-order valence-corrected chi connectivity index (χ4v) is 1.52. The first-order chi connectivity index (χ1) is 6.20. The van der Waals surface area contributed by atoms with Crippen molar-refractivity contribution >= 4 is 34.2 Å². The van der Waals surface area contributed by atoms with Gasteiger partial charge in [0.1, 0.15) is 0 Å². The van der Waals surface area contributed by atoms with Gasteiger partial charge in [-0.1, -0.05) is 28.9 Å². The minimum atomic E-state index is 0. The summed E-state index contributed by atoms with van der Waals surface area (Å²) in [6.45, 7) is 5.12. The number of carbonyl (C=O) groups excluding carboxylic acids is 1. The van der Waals surface area contributed by atoms with Crippen molar-refractivity contribution in [2.24, 2.45) is 0 Å². The molecule has 0 aromatic heterocycles. The molecule has 0 bridgehead atoms. The highest BCUT2D eigenvalue weighted by Crippen LogP contribution is 2.07. The van der Waals surface area contributed by atoms with E-state index in [1.54, 1.807) is 0 Å². The van der Waals surface area contributed by atoms with Crippen LogP contribution in [0, 0.1) is 0 Å². The van der Waals surface area contributed by atoms with Gasteiger partial charge < -0.3 is 10.6 Å². The molecule has 1 aliphatic heterocycles. The van der Waals surface area contributed by atoms with Crippen molar-refractivity contribution in [3.8, 4) is 0 Å². The molecule has 0 unspecified atom stereocenters. The van der Waals surface area contributed by atoms with Crippen LogP contribution in [0.2, 0.25) is 0 Å². The van der Waals surface area contributed by atoms with Gasteiger partial charge in [-0.05, 0) is 19.4 Å². The molecule has 5 heteroatoms. The van der Waals surface area contributed by atoms with E-state index in [9.17, 15) is 4.79 Å². The van der Waals surface area contributed by atoms with Crippen LogP contribution in [0.3, 0.4) is 0 Å². The molecule has 1 rings (SSSR count). The van der Waals surface area contributed by atoms with Crippen molar-refractivity contribution in [3.63, 3.8) is 0 Å². The van der Waals surface area contributed by atoms with Crippen LogP contribution in [0.4, 0.5) is 0 Å². The van der Waals surface area contributed by atoms with Gasteiger partial charge in [0, 0.05) is 11.0 Å². The zero-order valence-electron chi connectivity index (χ0n) is 8.01. The van der Waals surface area contributed by atoms with Crippen LogP contribution in [0.5, 0.6) is 0 Å². The lowest BCUT2D eigenvalue weighted by Gasteiger charge is -2.22. The molecule has 0 radical (unpaired) electrons. The molecule has 82 valence electrons. The molecule has 2 N–H and O–H groups in total. The maximum absolute atomic E-state index is 11.5. The summed E-state index contributed by atoms with van der Waals surface area (Å²) >= 11 is 3.20. The van der Waals surface area contributed by atoms with Gasteiger partial charge in [0.25, 0.3) is 0 Å². The van der Waals surface area contributed by atoms with Crippen LogP contribution in [0.25, 0.3) is 0 Å². The minimum absolute atomic E-state index is 0. The third-order valence-electron chi connectivity index (χ3n) is 2.08. The van der Waals surface area contributed by atoms with Gasteiger partial charge in [-0.3, -0.25) is 4.79 Å². The van der Waals surface area contributed by atoms with Crippen LogP contribution in [0.1, 0.15) is 19.3 Å². The fourth-order valence-electron chi connectivity index (χ4n) is 1.38. The normalized spacial score (nSPS) is 20.8. The summed E-state index contributed by atoms with van der Waals surface area (Å²) in [5.74, 6) is 0.0836. The summed E-state index contributed by atoms with van der Waals surface area (Å²) in [4.78, 5) is 11.5. The first kappa shape index (κ1) is 13.9. The molecule has 1 heterocycles. The molecule has 14 heavy (non-hydrogen) atoms. The van der Waals surface area contributed by atoms with Crippen molar-refractivity contribution in [2.75, 3.05) is 13.1 Å². The van der Waals surface area contributed by atoms with E-state index in [0.29, 0.717) is 6.54 Å². The molecule has 1 fully saturated rings. The third-order valence-corrected chi connectivity index (χ3v) is 2.36. The lowest BCUT2D eigenvalue weighted by Crippen LogP contribution is -2.46. The highest BCUT2D eigenvalue weighted by atomic mass is 79.9. The second-order valence-corrected chi connectivity index (χ2v) is 4.36. The van der Waals surface area contributed by atoms with Crippen LogP contribution in [-0.4, -0.2) is 25.0 Å². The highest BCUT2D eigenvalue weighted by molar-refractivity contribution is 9.11. The predicted octanol–water partition coefficient (Wildman–Crippen LogP) is 1.58. The summed E-state index contributed by atoms with van der Waals surface area (Å²) in [7, 11) is 0. The standard InChI is InChI=1S/C9H15BrN2O.ClH/c1-7(10)6-12-9(13)8-4-2-3-5-11-8;/h8,11H,1-6H2,(H,12,13);1H/t8-;/m1./s1. The molecule has 0 aromatic carbocycles. The predicted molar refractivity (Wildman–Crippen MR) is 64.0 cm³/mol. The van der Waals surface area contributed by atoms with Crippen LogP contribution < -0.4 is 10.6 Å². The monoisotopic (exact) mass is 282 g/mol. The first-order valence-corrected chi connectivity index (χ1v) is 5.34. The summed E-state index contributed by atoms with van der Waals surface area (Å²) in [6.07, 6.45) is 3.26. The van der Waals surface area contributed by atoms with E-state index in [1.807, 2.05) is 0 Å². The van der Waals surface area contributed by atoms with E-state index in [0.717, 1.165) is 23.9 Å². The molecule has 1 amide bonds. The van der Waals surface area contributed by atoms with Gasteiger partial charge >= 0.3 is 0 Å². The van der Waals surface area contributed by atoms with E-state index in [1.165, 1.54) is 6.42 Å². The Morgan fingerprint density at radius 1 is 1.57 bits per heavy atom. The Bertz CT molecular complexity index is 205. The molecular formula is C9H16BrClN2O. The summed E-state index contributed by atoms with van der Waals surface area (Å²) in [5, 5.41) is 5.99. The van der Waals surface area contributed by atoms with Crippen molar-refractivity contribution in [3.05, 3.63) is 11.1 Å². The quantitative estimate of drug-likeness (QED) is 0.826. The van der Waals surface area contributed by atoms with Crippen LogP contribution >= 0.6 is 28.3 Å². The molecule has 1 saturated heterocycles. The number of hydrogen-bond donors (Lipinski definition) is 2. The molecular weight excluding hydrogens is 267 g/mol. The third kappa shape index (κ3) is 4.98. The molecule has 3 nitrogen and oxygen atoms in total. The lowest BCUT2D eigenvalue weighted by molar-refractivity contribution is -0.123. The Morgan fingerprint density at radius 3 is 2.79 bits per heavy atom. The van der Waals surface area contributed by atoms with E-state index >= 15 is 0 Å². The summed E-state index contributed by atoms with van der Waals surface area (Å²) in [6, 6.07) is 0.000556. The first-order valence-electron chi connectivity index (χ1n) is 4.54. The molecule has 0 saturated carbocycles. The van der Waals surface area contributed by atoms with Gasteiger partial charge in [0.15, 0.2) is 0 Å². The Hall–Kier alpha value is -0.0600. The second kappa shape index (κ2) is 7.26. The van der Waals surface area contributed by atoms with E-state index in [4.69, 9.17) is 0 Å². The number of rotatable bonds is 3. The maximum Gasteiger partial charge on any atom is 0.237 e. The smallest absolute Gasteiger partial charge is 0.237 e. The van der Waals surface area contributed by atoms with Crippen LogP contribution in [0.15, 0.2) is 11.1 Å². The van der Waals surface area contributed by atoms with Gasteiger partial charge in [-0.2, -0.15) is 0 Å². The van der Waals surface area contributed by atoms with Gasteiger partial charge in [-0.15, -0.1) is 12.4 Å². The zero-order valence-corrected chi connectivity index (χ0v) is 10.4. The topological polar surface area (TPSA) is 41.1 Å². The Balaban J connectivity index is 0.00000169. The molecule has 0 aromatic rings. The number of hydrogen-bond acceptors (Lipinski definition) is 2.